The maximum absolute atomic E-state index is 11.3. The summed E-state index contributed by atoms with van der Waals surface area (Å²) < 4.78 is 0. The molecule has 134 valence electrons. The van der Waals surface area contributed by atoms with E-state index in [0.717, 1.165) is 38.5 Å². The van der Waals surface area contributed by atoms with E-state index >= 15 is 0 Å². The molecule has 3 aliphatic carbocycles. The molecular formula is C22H28O3. The fourth-order valence-corrected chi connectivity index (χ4v) is 6.05. The Bertz CT molecular complexity index is 731. The maximum atomic E-state index is 11.3. The predicted molar refractivity (Wildman–Crippen MR) is 97.2 cm³/mol. The zero-order chi connectivity index (χ0) is 17.7. The number of hydrogen-bond donors (Lipinski definition) is 3. The standard InChI is InChI=1S/C22H28O3/c1-21-11-8-18-17-7-5-16(24)14-15(17)4-6-19(18)20(21)9-12-22(21,25)10-2-3-13-23/h5,7,14,18-20,23-25H,3-4,6,8-9,11-13H2,1H3/t18-,19-,20+,21+,22+/m1/s1. The largest absolute Gasteiger partial charge is 0.508 e. The molecule has 0 aliphatic heterocycles. The zero-order valence-corrected chi connectivity index (χ0v) is 15.0. The molecule has 4 rings (SSSR count). The number of aliphatic hydroxyl groups is 2. The van der Waals surface area contributed by atoms with Crippen molar-refractivity contribution in [1.82, 2.24) is 0 Å². The van der Waals surface area contributed by atoms with Crippen LogP contribution in [0.1, 0.15) is 62.5 Å². The van der Waals surface area contributed by atoms with Crippen molar-refractivity contribution in [2.45, 2.75) is 63.4 Å². The maximum Gasteiger partial charge on any atom is 0.131 e. The first-order chi connectivity index (χ1) is 12.0. The molecule has 2 fully saturated rings. The van der Waals surface area contributed by atoms with E-state index in [1.54, 1.807) is 0 Å². The summed E-state index contributed by atoms with van der Waals surface area (Å²) in [6.07, 6.45) is 6.45. The average Bonchev–Trinajstić information content (AvgIpc) is 2.86. The van der Waals surface area contributed by atoms with Crippen molar-refractivity contribution in [2.24, 2.45) is 17.3 Å². The molecule has 3 aliphatic rings. The van der Waals surface area contributed by atoms with E-state index in [9.17, 15) is 10.2 Å². The molecule has 0 saturated heterocycles. The molecule has 0 radical (unpaired) electrons. The average molecular weight is 340 g/mol. The Kier molecular flexibility index (Phi) is 4.09. The van der Waals surface area contributed by atoms with Gasteiger partial charge in [-0.1, -0.05) is 24.8 Å². The topological polar surface area (TPSA) is 60.7 Å². The van der Waals surface area contributed by atoms with Gasteiger partial charge >= 0.3 is 0 Å². The van der Waals surface area contributed by atoms with Gasteiger partial charge in [0.15, 0.2) is 0 Å². The van der Waals surface area contributed by atoms with Crippen LogP contribution in [-0.2, 0) is 6.42 Å². The van der Waals surface area contributed by atoms with Gasteiger partial charge in [-0.05, 0) is 79.5 Å². The molecule has 3 nitrogen and oxygen atoms in total. The van der Waals surface area contributed by atoms with E-state index in [1.807, 2.05) is 12.1 Å². The van der Waals surface area contributed by atoms with Crippen LogP contribution in [0.25, 0.3) is 0 Å². The van der Waals surface area contributed by atoms with E-state index in [-0.39, 0.29) is 12.0 Å². The summed E-state index contributed by atoms with van der Waals surface area (Å²) in [6.45, 7) is 2.29. The summed E-state index contributed by atoms with van der Waals surface area (Å²) in [5.41, 5.74) is 1.66. The van der Waals surface area contributed by atoms with Gasteiger partial charge in [0.25, 0.3) is 0 Å². The Morgan fingerprint density at radius 3 is 2.84 bits per heavy atom. The number of phenols is 1. The van der Waals surface area contributed by atoms with E-state index < -0.39 is 5.60 Å². The van der Waals surface area contributed by atoms with Crippen LogP contribution >= 0.6 is 0 Å². The summed E-state index contributed by atoms with van der Waals surface area (Å²) in [4.78, 5) is 0. The van der Waals surface area contributed by atoms with Crippen LogP contribution in [0.4, 0.5) is 0 Å². The molecule has 0 heterocycles. The summed E-state index contributed by atoms with van der Waals surface area (Å²) in [5.74, 6) is 8.15. The molecule has 0 amide bonds. The fourth-order valence-electron chi connectivity index (χ4n) is 6.05. The van der Waals surface area contributed by atoms with Gasteiger partial charge in [0.1, 0.15) is 11.4 Å². The third kappa shape index (κ3) is 2.50. The minimum absolute atomic E-state index is 0.0531. The van der Waals surface area contributed by atoms with Crippen molar-refractivity contribution in [3.05, 3.63) is 29.3 Å². The summed E-state index contributed by atoms with van der Waals surface area (Å²) in [5, 5.41) is 30.1. The number of rotatable bonds is 1. The lowest BCUT2D eigenvalue weighted by atomic mass is 9.53. The van der Waals surface area contributed by atoms with Crippen molar-refractivity contribution >= 4 is 0 Å². The second-order valence-corrected chi connectivity index (χ2v) is 8.43. The van der Waals surface area contributed by atoms with Gasteiger partial charge in [-0.25, -0.2) is 0 Å². The van der Waals surface area contributed by atoms with Gasteiger partial charge in [-0.2, -0.15) is 0 Å². The van der Waals surface area contributed by atoms with Crippen LogP contribution in [-0.4, -0.2) is 27.5 Å². The van der Waals surface area contributed by atoms with Crippen molar-refractivity contribution in [2.75, 3.05) is 6.61 Å². The zero-order valence-electron chi connectivity index (χ0n) is 15.0. The van der Waals surface area contributed by atoms with Crippen LogP contribution in [0.15, 0.2) is 18.2 Å². The first-order valence-corrected chi connectivity index (χ1v) is 9.63. The minimum atomic E-state index is -0.910. The Morgan fingerprint density at radius 1 is 1.20 bits per heavy atom. The third-order valence-electron chi connectivity index (χ3n) is 7.39. The Balaban J connectivity index is 1.64. The second-order valence-electron chi connectivity index (χ2n) is 8.43. The highest BCUT2D eigenvalue weighted by molar-refractivity contribution is 5.40. The van der Waals surface area contributed by atoms with E-state index in [4.69, 9.17) is 5.11 Å². The molecule has 1 aromatic rings. The lowest BCUT2D eigenvalue weighted by molar-refractivity contribution is -0.0648. The Morgan fingerprint density at radius 2 is 2.04 bits per heavy atom. The van der Waals surface area contributed by atoms with Gasteiger partial charge < -0.3 is 15.3 Å². The van der Waals surface area contributed by atoms with Crippen LogP contribution in [0, 0.1) is 29.1 Å². The van der Waals surface area contributed by atoms with Gasteiger partial charge in [0.2, 0.25) is 0 Å². The van der Waals surface area contributed by atoms with E-state index in [0.29, 0.717) is 29.9 Å². The molecule has 0 bridgehead atoms. The summed E-state index contributed by atoms with van der Waals surface area (Å²) >= 11 is 0. The first kappa shape index (κ1) is 16.9. The monoisotopic (exact) mass is 340 g/mol. The highest BCUT2D eigenvalue weighted by atomic mass is 16.3. The molecule has 2 saturated carbocycles. The number of fused-ring (bicyclic) bond motifs is 5. The van der Waals surface area contributed by atoms with E-state index in [2.05, 4.69) is 24.8 Å². The minimum Gasteiger partial charge on any atom is -0.508 e. The van der Waals surface area contributed by atoms with Gasteiger partial charge in [-0.3, -0.25) is 0 Å². The lowest BCUT2D eigenvalue weighted by Crippen LogP contribution is -2.50. The lowest BCUT2D eigenvalue weighted by Gasteiger charge is -2.52. The molecule has 25 heavy (non-hydrogen) atoms. The van der Waals surface area contributed by atoms with Gasteiger partial charge in [-0.15, -0.1) is 0 Å². The van der Waals surface area contributed by atoms with Crippen molar-refractivity contribution < 1.29 is 15.3 Å². The van der Waals surface area contributed by atoms with Crippen molar-refractivity contribution in [1.29, 1.82) is 0 Å². The Labute approximate surface area is 150 Å². The molecular weight excluding hydrogens is 312 g/mol. The van der Waals surface area contributed by atoms with Gasteiger partial charge in [0.05, 0.1) is 6.61 Å². The first-order valence-electron chi connectivity index (χ1n) is 9.63. The van der Waals surface area contributed by atoms with Crippen molar-refractivity contribution in [3.8, 4) is 17.6 Å². The number of aliphatic hydroxyl groups excluding tert-OH is 1. The summed E-state index contributed by atoms with van der Waals surface area (Å²) in [6, 6.07) is 5.87. The SMILES string of the molecule is C[C@]12CC[C@@H]3c4ccc(O)cc4CC[C@H]3[C@@H]1CC[C@@]2(O)C#CCCO. The van der Waals surface area contributed by atoms with Crippen LogP contribution < -0.4 is 0 Å². The third-order valence-corrected chi connectivity index (χ3v) is 7.39. The number of aromatic hydroxyl groups is 1. The highest BCUT2D eigenvalue weighted by Crippen LogP contribution is 2.64. The number of benzene rings is 1. The molecule has 1 aromatic carbocycles. The van der Waals surface area contributed by atoms with Crippen molar-refractivity contribution in [3.63, 3.8) is 0 Å². The summed E-state index contributed by atoms with van der Waals surface area (Å²) in [7, 11) is 0. The molecule has 0 spiro atoms. The highest BCUT2D eigenvalue weighted by Gasteiger charge is 2.61. The second kappa shape index (κ2) is 6.04. The predicted octanol–water partition coefficient (Wildman–Crippen LogP) is 3.37. The number of aryl methyl sites for hydroxylation is 1. The molecule has 0 unspecified atom stereocenters. The van der Waals surface area contributed by atoms with Crippen LogP contribution in [0.2, 0.25) is 0 Å². The quantitative estimate of drug-likeness (QED) is 0.687. The van der Waals surface area contributed by atoms with E-state index in [1.165, 1.54) is 11.1 Å². The normalized spacial score (nSPS) is 38.9. The Hall–Kier alpha value is -1.50. The number of hydrogen-bond acceptors (Lipinski definition) is 3. The molecule has 3 heteroatoms. The van der Waals surface area contributed by atoms with Crippen LogP contribution in [0.3, 0.4) is 0 Å². The van der Waals surface area contributed by atoms with Gasteiger partial charge in [0, 0.05) is 11.8 Å². The smallest absolute Gasteiger partial charge is 0.131 e. The molecule has 3 N–H and O–H groups in total. The van der Waals surface area contributed by atoms with Crippen LogP contribution in [0.5, 0.6) is 5.75 Å². The fraction of sp³-hybridized carbons (Fsp3) is 0.636. The molecule has 5 atom stereocenters. The molecule has 0 aromatic heterocycles. The number of phenolic OH excluding ortho intramolecular Hbond substituents is 1.